The zero-order valence-corrected chi connectivity index (χ0v) is 17.7. The van der Waals surface area contributed by atoms with E-state index in [1.54, 1.807) is 12.1 Å². The summed E-state index contributed by atoms with van der Waals surface area (Å²) in [4.78, 5) is 27.8. The van der Waals surface area contributed by atoms with Crippen molar-refractivity contribution in [3.63, 3.8) is 0 Å². The van der Waals surface area contributed by atoms with Gasteiger partial charge in [-0.15, -0.1) is 11.3 Å². The number of halogens is 4. The van der Waals surface area contributed by atoms with Gasteiger partial charge in [-0.05, 0) is 37.3 Å². The maximum absolute atomic E-state index is 14.5. The highest BCUT2D eigenvalue weighted by Crippen LogP contribution is 2.37. The number of nitrogens with zero attached hydrogens (tertiary/aromatic N) is 2. The van der Waals surface area contributed by atoms with Crippen molar-refractivity contribution >= 4 is 34.0 Å². The van der Waals surface area contributed by atoms with Gasteiger partial charge >= 0.3 is 12.1 Å². The lowest BCUT2D eigenvalue weighted by molar-refractivity contribution is -0.140. The third-order valence-electron chi connectivity index (χ3n) is 5.03. The summed E-state index contributed by atoms with van der Waals surface area (Å²) >= 11 is 0.794. The molecule has 6 nitrogen and oxygen atoms in total. The van der Waals surface area contributed by atoms with E-state index >= 15 is 0 Å². The van der Waals surface area contributed by atoms with Crippen molar-refractivity contribution in [2.45, 2.75) is 31.9 Å². The first-order chi connectivity index (χ1) is 15.1. The molecule has 2 aromatic rings. The number of carbonyl (C=O) groups is 2. The van der Waals surface area contributed by atoms with Crippen molar-refractivity contribution in [3.8, 4) is 0 Å². The van der Waals surface area contributed by atoms with Gasteiger partial charge in [0.05, 0.1) is 12.1 Å². The van der Waals surface area contributed by atoms with E-state index in [9.17, 15) is 27.2 Å². The second-order valence-corrected chi connectivity index (χ2v) is 8.18. The smallest absolute Gasteiger partial charge is 0.434 e. The number of hydrogen-bond acceptors (Lipinski definition) is 5. The number of thiazole rings is 1. The van der Waals surface area contributed by atoms with E-state index in [0.29, 0.717) is 24.8 Å². The summed E-state index contributed by atoms with van der Waals surface area (Å²) in [5, 5.41) is 12.1. The summed E-state index contributed by atoms with van der Waals surface area (Å²) in [7, 11) is 0. The number of hydrogen-bond donors (Lipinski definition) is 2. The Labute approximate surface area is 185 Å². The molecule has 1 aliphatic carbocycles. The number of amides is 1. The molecule has 1 aromatic heterocycles. The molecule has 3 rings (SSSR count). The zero-order valence-electron chi connectivity index (χ0n) is 16.9. The number of benzene rings is 1. The van der Waals surface area contributed by atoms with Crippen LogP contribution in [-0.4, -0.2) is 35.1 Å². The van der Waals surface area contributed by atoms with Gasteiger partial charge in [-0.2, -0.15) is 13.2 Å². The van der Waals surface area contributed by atoms with E-state index in [2.05, 4.69) is 10.3 Å². The number of rotatable bonds is 8. The third kappa shape index (κ3) is 6.06. The molecule has 0 spiro atoms. The van der Waals surface area contributed by atoms with E-state index in [1.807, 2.05) is 0 Å². The molecule has 1 aliphatic rings. The number of para-hydroxylation sites is 1. The van der Waals surface area contributed by atoms with Crippen LogP contribution in [0.2, 0.25) is 0 Å². The minimum atomic E-state index is -4.59. The van der Waals surface area contributed by atoms with Crippen LogP contribution in [-0.2, 0) is 15.8 Å². The molecular weight excluding hydrogens is 450 g/mol. The van der Waals surface area contributed by atoms with Gasteiger partial charge in [0.15, 0.2) is 10.8 Å². The van der Waals surface area contributed by atoms with Crippen LogP contribution >= 0.6 is 11.3 Å². The van der Waals surface area contributed by atoms with Crippen LogP contribution in [0.5, 0.6) is 0 Å². The average Bonchev–Trinajstić information content (AvgIpc) is 3.23. The highest BCUT2D eigenvalue weighted by Gasteiger charge is 2.35. The van der Waals surface area contributed by atoms with Crippen LogP contribution in [0.1, 0.15) is 31.4 Å². The molecule has 0 radical (unpaired) electrons. The molecule has 2 N–H and O–H groups in total. The fourth-order valence-electron chi connectivity index (χ4n) is 3.38. The standard InChI is InChI=1S/C21H21F4N3O3S/c22-15-3-1-2-4-16(15)28(20-27-17(12-32-20)21(23,24)25)11-13-5-7-14(8-6-13)19(31)26-10-9-18(29)30/h1-4,7,12-13H,5-6,8-11H2,(H,26,31)(H,29,30). The molecule has 1 atom stereocenters. The van der Waals surface area contributed by atoms with E-state index in [4.69, 9.17) is 5.11 Å². The minimum Gasteiger partial charge on any atom is -0.481 e. The molecule has 0 fully saturated rings. The first-order valence-electron chi connectivity index (χ1n) is 9.89. The number of alkyl halides is 3. The molecule has 0 bridgehead atoms. The summed E-state index contributed by atoms with van der Waals surface area (Å²) in [5.74, 6) is -1.94. The summed E-state index contributed by atoms with van der Waals surface area (Å²) < 4.78 is 53.6. The molecule has 0 saturated carbocycles. The molecule has 1 heterocycles. The van der Waals surface area contributed by atoms with Crippen LogP contribution < -0.4 is 10.2 Å². The SMILES string of the molecule is O=C(O)CCNC(=O)C1=CCC(CN(c2nc(C(F)(F)F)cs2)c2ccccc2F)CC1. The van der Waals surface area contributed by atoms with Gasteiger partial charge in [-0.1, -0.05) is 18.2 Å². The normalized spacial score (nSPS) is 16.4. The Morgan fingerprint density at radius 3 is 2.62 bits per heavy atom. The Bertz CT molecular complexity index is 1010. The monoisotopic (exact) mass is 471 g/mol. The highest BCUT2D eigenvalue weighted by atomic mass is 32.1. The molecule has 0 saturated heterocycles. The maximum Gasteiger partial charge on any atom is 0.434 e. The first-order valence-corrected chi connectivity index (χ1v) is 10.8. The van der Waals surface area contributed by atoms with Gasteiger partial charge in [-0.3, -0.25) is 9.59 Å². The van der Waals surface area contributed by atoms with Crippen molar-refractivity contribution in [2.24, 2.45) is 5.92 Å². The van der Waals surface area contributed by atoms with E-state index in [0.717, 1.165) is 16.7 Å². The van der Waals surface area contributed by atoms with Crippen LogP contribution in [0, 0.1) is 11.7 Å². The van der Waals surface area contributed by atoms with Crippen molar-refractivity contribution in [1.82, 2.24) is 10.3 Å². The van der Waals surface area contributed by atoms with Gasteiger partial charge < -0.3 is 15.3 Å². The lowest BCUT2D eigenvalue weighted by atomic mass is 9.88. The average molecular weight is 471 g/mol. The molecule has 0 aliphatic heterocycles. The van der Waals surface area contributed by atoms with Gasteiger partial charge in [0.2, 0.25) is 5.91 Å². The number of carboxylic acid groups (broad SMARTS) is 1. The largest absolute Gasteiger partial charge is 0.481 e. The van der Waals surface area contributed by atoms with E-state index < -0.39 is 23.7 Å². The summed E-state index contributed by atoms with van der Waals surface area (Å²) in [6, 6.07) is 5.83. The van der Waals surface area contributed by atoms with E-state index in [1.165, 1.54) is 23.1 Å². The number of aromatic nitrogens is 1. The first kappa shape index (κ1) is 23.7. The molecule has 32 heavy (non-hydrogen) atoms. The molecule has 1 unspecified atom stereocenters. The quantitative estimate of drug-likeness (QED) is 0.543. The van der Waals surface area contributed by atoms with Crippen LogP contribution in [0.25, 0.3) is 0 Å². The maximum atomic E-state index is 14.5. The van der Waals surface area contributed by atoms with Gasteiger partial charge in [-0.25, -0.2) is 9.37 Å². The Balaban J connectivity index is 1.73. The molecular formula is C21H21F4N3O3S. The number of carbonyl (C=O) groups excluding carboxylic acids is 1. The number of aliphatic carboxylic acids is 1. The predicted octanol–water partition coefficient (Wildman–Crippen LogP) is 4.76. The predicted molar refractivity (Wildman–Crippen MR) is 111 cm³/mol. The Kier molecular flexibility index (Phi) is 7.49. The lowest BCUT2D eigenvalue weighted by Gasteiger charge is -2.29. The molecule has 1 amide bonds. The number of allylic oxidation sites excluding steroid dienone is 1. The molecule has 11 heteroatoms. The van der Waals surface area contributed by atoms with Gasteiger partial charge in [0, 0.05) is 24.0 Å². The number of carboxylic acids is 1. The zero-order chi connectivity index (χ0) is 23.3. The second-order valence-electron chi connectivity index (χ2n) is 7.34. The van der Waals surface area contributed by atoms with Crippen LogP contribution in [0.3, 0.4) is 0 Å². The molecule has 1 aromatic carbocycles. The van der Waals surface area contributed by atoms with Crippen LogP contribution in [0.15, 0.2) is 41.3 Å². The van der Waals surface area contributed by atoms with Crippen molar-refractivity contribution in [3.05, 3.63) is 52.8 Å². The lowest BCUT2D eigenvalue weighted by Crippen LogP contribution is -2.31. The Morgan fingerprint density at radius 2 is 2.03 bits per heavy atom. The van der Waals surface area contributed by atoms with Gasteiger partial charge in [0.25, 0.3) is 0 Å². The Morgan fingerprint density at radius 1 is 1.28 bits per heavy atom. The Hall–Kier alpha value is -2.95. The van der Waals surface area contributed by atoms with Gasteiger partial charge in [0.1, 0.15) is 5.82 Å². The summed E-state index contributed by atoms with van der Waals surface area (Å²) in [5.41, 5.74) is -0.350. The fourth-order valence-corrected chi connectivity index (χ4v) is 4.24. The van der Waals surface area contributed by atoms with E-state index in [-0.39, 0.29) is 42.2 Å². The summed E-state index contributed by atoms with van der Waals surface area (Å²) in [6.07, 6.45) is -1.54. The van der Waals surface area contributed by atoms with Crippen molar-refractivity contribution in [2.75, 3.05) is 18.0 Å². The summed E-state index contributed by atoms with van der Waals surface area (Å²) in [6.45, 7) is 0.262. The van der Waals surface area contributed by atoms with Crippen molar-refractivity contribution in [1.29, 1.82) is 0 Å². The molecule has 172 valence electrons. The topological polar surface area (TPSA) is 82.5 Å². The van der Waals surface area contributed by atoms with Crippen LogP contribution in [0.4, 0.5) is 28.4 Å². The second kappa shape index (κ2) is 10.1. The minimum absolute atomic E-state index is 0.0293. The van der Waals surface area contributed by atoms with Crippen molar-refractivity contribution < 1.29 is 32.3 Å². The highest BCUT2D eigenvalue weighted by molar-refractivity contribution is 7.13. The number of anilines is 2. The number of nitrogens with one attached hydrogen (secondary N) is 1. The fraction of sp³-hybridized carbons (Fsp3) is 0.381. The third-order valence-corrected chi connectivity index (χ3v) is 5.90.